The molecule has 0 saturated carbocycles. The van der Waals surface area contributed by atoms with E-state index >= 15 is 0 Å². The zero-order valence-corrected chi connectivity index (χ0v) is 7.64. The molecule has 11 heavy (non-hydrogen) atoms. The topological polar surface area (TPSA) is 28.7 Å². The molecule has 1 N–H and O–H groups in total. The number of rotatable bonds is 0. The van der Waals surface area contributed by atoms with Crippen LogP contribution in [0.25, 0.3) is 11.0 Å². The minimum Gasteiger partial charge on any atom is -0.346 e. The van der Waals surface area contributed by atoms with Gasteiger partial charge in [-0.1, -0.05) is 0 Å². The van der Waals surface area contributed by atoms with Crippen LogP contribution < -0.4 is 0 Å². The Labute approximate surface area is 72.8 Å². The van der Waals surface area contributed by atoms with Crippen molar-refractivity contribution >= 4 is 27.0 Å². The lowest BCUT2D eigenvalue weighted by Gasteiger charge is -1.95. The second kappa shape index (κ2) is 2.34. The third kappa shape index (κ3) is 1.05. The molecule has 0 spiro atoms. The number of hydrogen-bond donors (Lipinski definition) is 1. The minimum atomic E-state index is 0.910. The van der Waals surface area contributed by atoms with Crippen LogP contribution in [-0.4, -0.2) is 9.97 Å². The lowest BCUT2D eigenvalue weighted by Crippen LogP contribution is -1.81. The third-order valence-corrected chi connectivity index (χ3v) is 2.47. The van der Waals surface area contributed by atoms with Gasteiger partial charge in [0, 0.05) is 11.6 Å². The molecule has 0 aliphatic heterocycles. The SMILES string of the molecule is Cc1cc2cc[nH]c2nc1Br. The number of aromatic amines is 1. The largest absolute Gasteiger partial charge is 0.346 e. The highest BCUT2D eigenvalue weighted by atomic mass is 79.9. The standard InChI is InChI=1S/C8H7BrN2/c1-5-4-6-2-3-10-8(6)11-7(5)9/h2-4H,1H3,(H,10,11). The maximum absolute atomic E-state index is 4.30. The summed E-state index contributed by atoms with van der Waals surface area (Å²) in [6.07, 6.45) is 1.89. The van der Waals surface area contributed by atoms with Gasteiger partial charge in [0.1, 0.15) is 10.3 Å². The molecule has 0 atom stereocenters. The van der Waals surface area contributed by atoms with Crippen molar-refractivity contribution in [3.05, 3.63) is 28.5 Å². The van der Waals surface area contributed by atoms with Gasteiger partial charge in [0.2, 0.25) is 0 Å². The Hall–Kier alpha value is -0.830. The van der Waals surface area contributed by atoms with Crippen LogP contribution in [0.1, 0.15) is 5.56 Å². The number of hydrogen-bond acceptors (Lipinski definition) is 1. The molecule has 0 fully saturated rings. The Morgan fingerprint density at radius 1 is 1.55 bits per heavy atom. The monoisotopic (exact) mass is 210 g/mol. The highest BCUT2D eigenvalue weighted by Gasteiger charge is 1.99. The number of fused-ring (bicyclic) bond motifs is 1. The van der Waals surface area contributed by atoms with Gasteiger partial charge < -0.3 is 4.98 Å². The predicted octanol–water partition coefficient (Wildman–Crippen LogP) is 2.63. The Morgan fingerprint density at radius 3 is 3.18 bits per heavy atom. The Balaban J connectivity index is 2.86. The van der Waals surface area contributed by atoms with E-state index < -0.39 is 0 Å². The van der Waals surface area contributed by atoms with Crippen LogP contribution in [0.3, 0.4) is 0 Å². The van der Waals surface area contributed by atoms with Crippen LogP contribution in [0.15, 0.2) is 22.9 Å². The molecule has 2 aromatic heterocycles. The summed E-state index contributed by atoms with van der Waals surface area (Å²) in [5.74, 6) is 0. The van der Waals surface area contributed by atoms with Gasteiger partial charge >= 0.3 is 0 Å². The molecule has 0 bridgehead atoms. The molecule has 0 radical (unpaired) electrons. The van der Waals surface area contributed by atoms with Crippen molar-refractivity contribution < 1.29 is 0 Å². The van der Waals surface area contributed by atoms with Gasteiger partial charge in [-0.05, 0) is 40.5 Å². The molecular formula is C8H7BrN2. The van der Waals surface area contributed by atoms with E-state index in [0.717, 1.165) is 21.2 Å². The number of aromatic nitrogens is 2. The number of H-pyrrole nitrogens is 1. The molecule has 0 aromatic carbocycles. The summed E-state index contributed by atoms with van der Waals surface area (Å²) in [5.41, 5.74) is 2.10. The van der Waals surface area contributed by atoms with Crippen molar-refractivity contribution in [1.29, 1.82) is 0 Å². The van der Waals surface area contributed by atoms with Gasteiger partial charge in [-0.25, -0.2) is 4.98 Å². The van der Waals surface area contributed by atoms with Crippen LogP contribution in [0, 0.1) is 6.92 Å². The molecule has 0 aliphatic carbocycles. The van der Waals surface area contributed by atoms with Gasteiger partial charge in [-0.15, -0.1) is 0 Å². The fourth-order valence-corrected chi connectivity index (χ4v) is 1.36. The van der Waals surface area contributed by atoms with E-state index in [-0.39, 0.29) is 0 Å². The fraction of sp³-hybridized carbons (Fsp3) is 0.125. The van der Waals surface area contributed by atoms with Gasteiger partial charge in [0.15, 0.2) is 0 Å². The van der Waals surface area contributed by atoms with Crippen molar-refractivity contribution in [1.82, 2.24) is 9.97 Å². The van der Waals surface area contributed by atoms with Gasteiger partial charge in [0.05, 0.1) is 0 Å². The van der Waals surface area contributed by atoms with Crippen LogP contribution in [0.4, 0.5) is 0 Å². The second-order valence-electron chi connectivity index (χ2n) is 2.51. The molecular weight excluding hydrogens is 204 g/mol. The van der Waals surface area contributed by atoms with E-state index in [1.807, 2.05) is 19.2 Å². The van der Waals surface area contributed by atoms with Crippen molar-refractivity contribution in [2.24, 2.45) is 0 Å². The first-order valence-corrected chi connectivity index (χ1v) is 4.17. The lowest BCUT2D eigenvalue weighted by atomic mass is 10.2. The average molecular weight is 211 g/mol. The normalized spacial score (nSPS) is 10.7. The summed E-state index contributed by atoms with van der Waals surface area (Å²) in [4.78, 5) is 7.34. The molecule has 3 heteroatoms. The van der Waals surface area contributed by atoms with E-state index in [1.54, 1.807) is 0 Å². The van der Waals surface area contributed by atoms with Crippen LogP contribution in [0.5, 0.6) is 0 Å². The maximum Gasteiger partial charge on any atom is 0.138 e. The lowest BCUT2D eigenvalue weighted by molar-refractivity contribution is 1.24. The second-order valence-corrected chi connectivity index (χ2v) is 3.26. The summed E-state index contributed by atoms with van der Waals surface area (Å²) < 4.78 is 0.910. The molecule has 2 aromatic rings. The zero-order valence-electron chi connectivity index (χ0n) is 6.06. The van der Waals surface area contributed by atoms with Crippen molar-refractivity contribution in [3.63, 3.8) is 0 Å². The first kappa shape index (κ1) is 6.85. The smallest absolute Gasteiger partial charge is 0.138 e. The molecule has 0 aliphatic rings. The molecule has 0 amide bonds. The van der Waals surface area contributed by atoms with Crippen molar-refractivity contribution in [2.45, 2.75) is 6.92 Å². The van der Waals surface area contributed by atoms with Crippen LogP contribution in [0.2, 0.25) is 0 Å². The maximum atomic E-state index is 4.30. The summed E-state index contributed by atoms with van der Waals surface area (Å²) in [7, 11) is 0. The Morgan fingerprint density at radius 2 is 2.36 bits per heavy atom. The number of nitrogens with zero attached hydrogens (tertiary/aromatic N) is 1. The van der Waals surface area contributed by atoms with Crippen LogP contribution in [-0.2, 0) is 0 Å². The van der Waals surface area contributed by atoms with Crippen molar-refractivity contribution in [2.75, 3.05) is 0 Å². The average Bonchev–Trinajstić information content (AvgIpc) is 2.36. The summed E-state index contributed by atoms with van der Waals surface area (Å²) in [6, 6.07) is 4.12. The van der Waals surface area contributed by atoms with E-state index in [0.29, 0.717) is 0 Å². The molecule has 2 nitrogen and oxygen atoms in total. The highest BCUT2D eigenvalue weighted by Crippen LogP contribution is 2.18. The van der Waals surface area contributed by atoms with Crippen LogP contribution >= 0.6 is 15.9 Å². The molecule has 0 saturated heterocycles. The molecule has 2 heterocycles. The third-order valence-electron chi connectivity index (χ3n) is 1.66. The number of aryl methyl sites for hydroxylation is 1. The van der Waals surface area contributed by atoms with Crippen molar-refractivity contribution in [3.8, 4) is 0 Å². The predicted molar refractivity (Wildman–Crippen MR) is 48.5 cm³/mol. The first-order valence-electron chi connectivity index (χ1n) is 3.37. The summed E-state index contributed by atoms with van der Waals surface area (Å²) >= 11 is 3.37. The quantitative estimate of drug-likeness (QED) is 0.666. The number of halogens is 1. The highest BCUT2D eigenvalue weighted by molar-refractivity contribution is 9.10. The van der Waals surface area contributed by atoms with E-state index in [4.69, 9.17) is 0 Å². The summed E-state index contributed by atoms with van der Waals surface area (Å²) in [5, 5.41) is 1.16. The first-order chi connectivity index (χ1) is 5.27. The van der Waals surface area contributed by atoms with Gasteiger partial charge in [-0.3, -0.25) is 0 Å². The van der Waals surface area contributed by atoms with E-state index in [1.165, 1.54) is 0 Å². The summed E-state index contributed by atoms with van der Waals surface area (Å²) in [6.45, 7) is 2.03. The molecule has 56 valence electrons. The van der Waals surface area contributed by atoms with Gasteiger partial charge in [-0.2, -0.15) is 0 Å². The number of nitrogens with one attached hydrogen (secondary N) is 1. The fourth-order valence-electron chi connectivity index (χ4n) is 1.07. The zero-order chi connectivity index (χ0) is 7.84. The molecule has 0 unspecified atom stereocenters. The Bertz CT molecular complexity index is 356. The Kier molecular flexibility index (Phi) is 1.46. The van der Waals surface area contributed by atoms with Gasteiger partial charge in [0.25, 0.3) is 0 Å². The molecule has 2 rings (SSSR count). The number of pyridine rings is 1. The van der Waals surface area contributed by atoms with E-state index in [2.05, 4.69) is 32.0 Å². The van der Waals surface area contributed by atoms with E-state index in [9.17, 15) is 0 Å². The minimum absolute atomic E-state index is 0.910.